The summed E-state index contributed by atoms with van der Waals surface area (Å²) in [7, 11) is 0. The lowest BCUT2D eigenvalue weighted by Crippen LogP contribution is -2.32. The molecule has 0 saturated heterocycles. The Morgan fingerprint density at radius 2 is 0.844 bits per heavy atom. The van der Waals surface area contributed by atoms with Crippen LogP contribution in [-0.2, 0) is 5.41 Å². The molecule has 9 rings (SSSR count). The van der Waals surface area contributed by atoms with Gasteiger partial charge in [-0.25, -0.2) is 0 Å². The standard InChI is InChI=1S/C43H29NO/c1-3-13-30(14-4-1)31-23-25-33(26-24-31)44(32-15-5-2-6-16-32)34-27-28-38-36(29-34)35-17-7-8-18-37(35)43(38)39-19-9-11-21-41(39)45-42-22-12-10-20-40(42)43/h1-29H. The van der Waals surface area contributed by atoms with Gasteiger partial charge >= 0.3 is 0 Å². The first-order valence-electron chi connectivity index (χ1n) is 15.4. The molecule has 7 aromatic rings. The normalized spacial score (nSPS) is 13.2. The summed E-state index contributed by atoms with van der Waals surface area (Å²) in [4.78, 5) is 2.36. The molecule has 0 unspecified atom stereocenters. The van der Waals surface area contributed by atoms with Crippen LogP contribution >= 0.6 is 0 Å². The predicted molar refractivity (Wildman–Crippen MR) is 184 cm³/mol. The maximum Gasteiger partial charge on any atom is 0.132 e. The summed E-state index contributed by atoms with van der Waals surface area (Å²) >= 11 is 0. The van der Waals surface area contributed by atoms with E-state index in [0.29, 0.717) is 0 Å². The number of nitrogens with zero attached hydrogens (tertiary/aromatic N) is 1. The second-order valence-corrected chi connectivity index (χ2v) is 11.7. The van der Waals surface area contributed by atoms with Crippen LogP contribution in [0.25, 0.3) is 22.3 Å². The molecule has 0 radical (unpaired) electrons. The molecule has 0 aromatic heterocycles. The number of hydrogen-bond acceptors (Lipinski definition) is 2. The van der Waals surface area contributed by atoms with Crippen molar-refractivity contribution in [1.82, 2.24) is 0 Å². The van der Waals surface area contributed by atoms with Gasteiger partial charge in [0.15, 0.2) is 0 Å². The molecule has 0 N–H and O–H groups in total. The molecule has 1 spiro atoms. The third-order valence-corrected chi connectivity index (χ3v) is 9.34. The topological polar surface area (TPSA) is 12.5 Å². The Hall–Kier alpha value is -5.86. The molecule has 7 aromatic carbocycles. The van der Waals surface area contributed by atoms with E-state index in [2.05, 4.69) is 181 Å². The first kappa shape index (κ1) is 25.6. The number of anilines is 3. The minimum Gasteiger partial charge on any atom is -0.457 e. The molecule has 0 atom stereocenters. The van der Waals surface area contributed by atoms with Crippen molar-refractivity contribution in [3.63, 3.8) is 0 Å². The lowest BCUT2D eigenvalue weighted by Gasteiger charge is -2.39. The van der Waals surface area contributed by atoms with Crippen molar-refractivity contribution in [1.29, 1.82) is 0 Å². The molecular weight excluding hydrogens is 546 g/mol. The number of rotatable bonds is 4. The fraction of sp³-hybridized carbons (Fsp3) is 0.0233. The van der Waals surface area contributed by atoms with Crippen molar-refractivity contribution in [2.45, 2.75) is 5.41 Å². The average Bonchev–Trinajstić information content (AvgIpc) is 3.40. The Balaban J connectivity index is 1.26. The second-order valence-electron chi connectivity index (χ2n) is 11.7. The predicted octanol–water partition coefficient (Wildman–Crippen LogP) is 11.3. The lowest BCUT2D eigenvalue weighted by molar-refractivity contribution is 0.436. The summed E-state index contributed by atoms with van der Waals surface area (Å²) in [5.74, 6) is 1.82. The van der Waals surface area contributed by atoms with Crippen LogP contribution in [0, 0.1) is 0 Å². The molecule has 1 heterocycles. The van der Waals surface area contributed by atoms with E-state index >= 15 is 0 Å². The fourth-order valence-corrected chi connectivity index (χ4v) is 7.44. The van der Waals surface area contributed by atoms with Crippen LogP contribution in [0.5, 0.6) is 11.5 Å². The van der Waals surface area contributed by atoms with E-state index in [1.807, 2.05) is 0 Å². The average molecular weight is 576 g/mol. The monoisotopic (exact) mass is 575 g/mol. The smallest absolute Gasteiger partial charge is 0.132 e. The molecule has 2 heteroatoms. The Bertz CT molecular complexity index is 2140. The lowest BCUT2D eigenvalue weighted by atomic mass is 9.66. The van der Waals surface area contributed by atoms with Gasteiger partial charge in [0, 0.05) is 28.2 Å². The molecule has 0 saturated carbocycles. The first-order valence-corrected chi connectivity index (χ1v) is 15.4. The quantitative estimate of drug-likeness (QED) is 0.207. The van der Waals surface area contributed by atoms with Crippen LogP contribution in [0.15, 0.2) is 176 Å². The number of para-hydroxylation sites is 3. The van der Waals surface area contributed by atoms with Crippen molar-refractivity contribution in [3.8, 4) is 33.8 Å². The summed E-state index contributed by atoms with van der Waals surface area (Å²) in [5, 5.41) is 0. The van der Waals surface area contributed by atoms with Gasteiger partial charge in [0.1, 0.15) is 11.5 Å². The Kier molecular flexibility index (Phi) is 5.76. The SMILES string of the molecule is c1ccc(-c2ccc(N(c3ccccc3)c3ccc4c(c3)-c3ccccc3C43c4ccccc4Oc4ccccc43)cc2)cc1. The van der Waals surface area contributed by atoms with Gasteiger partial charge in [-0.2, -0.15) is 0 Å². The van der Waals surface area contributed by atoms with Crippen LogP contribution in [0.1, 0.15) is 22.3 Å². The van der Waals surface area contributed by atoms with E-state index in [4.69, 9.17) is 4.74 Å². The zero-order chi connectivity index (χ0) is 29.8. The zero-order valence-electron chi connectivity index (χ0n) is 24.6. The minimum absolute atomic E-state index is 0.467. The van der Waals surface area contributed by atoms with Crippen molar-refractivity contribution in [2.24, 2.45) is 0 Å². The number of fused-ring (bicyclic) bond motifs is 9. The van der Waals surface area contributed by atoms with Gasteiger partial charge in [-0.1, -0.05) is 127 Å². The van der Waals surface area contributed by atoms with Crippen molar-refractivity contribution in [2.75, 3.05) is 4.90 Å². The highest BCUT2D eigenvalue weighted by Gasteiger charge is 2.51. The van der Waals surface area contributed by atoms with Gasteiger partial charge in [-0.05, 0) is 81.9 Å². The van der Waals surface area contributed by atoms with Crippen molar-refractivity contribution >= 4 is 17.1 Å². The van der Waals surface area contributed by atoms with Gasteiger partial charge in [0.25, 0.3) is 0 Å². The van der Waals surface area contributed by atoms with E-state index in [9.17, 15) is 0 Å². The van der Waals surface area contributed by atoms with Crippen LogP contribution in [0.3, 0.4) is 0 Å². The molecule has 1 aliphatic heterocycles. The highest BCUT2D eigenvalue weighted by molar-refractivity contribution is 5.91. The molecule has 1 aliphatic carbocycles. The van der Waals surface area contributed by atoms with Crippen LogP contribution in [-0.4, -0.2) is 0 Å². The van der Waals surface area contributed by atoms with Gasteiger partial charge in [-0.3, -0.25) is 0 Å². The van der Waals surface area contributed by atoms with Gasteiger partial charge in [0.2, 0.25) is 0 Å². The van der Waals surface area contributed by atoms with Gasteiger partial charge in [-0.15, -0.1) is 0 Å². The minimum atomic E-state index is -0.467. The Morgan fingerprint density at radius 3 is 1.53 bits per heavy atom. The van der Waals surface area contributed by atoms with Gasteiger partial charge < -0.3 is 9.64 Å². The number of benzene rings is 7. The molecule has 0 bridgehead atoms. The van der Waals surface area contributed by atoms with Crippen molar-refractivity contribution < 1.29 is 4.74 Å². The van der Waals surface area contributed by atoms with Crippen LogP contribution < -0.4 is 9.64 Å². The van der Waals surface area contributed by atoms with E-state index in [1.165, 1.54) is 44.5 Å². The first-order chi connectivity index (χ1) is 22.3. The Labute approximate surface area is 263 Å². The summed E-state index contributed by atoms with van der Waals surface area (Å²) in [5.41, 5.74) is 12.7. The van der Waals surface area contributed by atoms with E-state index in [0.717, 1.165) is 28.6 Å². The summed E-state index contributed by atoms with van der Waals surface area (Å²) in [6.07, 6.45) is 0. The number of ether oxygens (including phenoxy) is 1. The highest BCUT2D eigenvalue weighted by atomic mass is 16.5. The largest absolute Gasteiger partial charge is 0.457 e. The highest BCUT2D eigenvalue weighted by Crippen LogP contribution is 2.62. The maximum atomic E-state index is 6.51. The molecule has 0 fully saturated rings. The summed E-state index contributed by atoms with van der Waals surface area (Å²) in [6, 6.07) is 63.0. The molecule has 2 nitrogen and oxygen atoms in total. The Morgan fingerprint density at radius 1 is 0.356 bits per heavy atom. The van der Waals surface area contributed by atoms with Crippen LogP contribution in [0.2, 0.25) is 0 Å². The molecule has 0 amide bonds. The molecule has 45 heavy (non-hydrogen) atoms. The molecule has 2 aliphatic rings. The van der Waals surface area contributed by atoms with E-state index < -0.39 is 5.41 Å². The second kappa shape index (κ2) is 10.1. The molecular formula is C43H29NO. The third-order valence-electron chi connectivity index (χ3n) is 9.34. The maximum absolute atomic E-state index is 6.51. The molecule has 212 valence electrons. The fourth-order valence-electron chi connectivity index (χ4n) is 7.44. The van der Waals surface area contributed by atoms with E-state index in [1.54, 1.807) is 0 Å². The summed E-state index contributed by atoms with van der Waals surface area (Å²) < 4.78 is 6.51. The summed E-state index contributed by atoms with van der Waals surface area (Å²) in [6.45, 7) is 0. The van der Waals surface area contributed by atoms with Gasteiger partial charge in [0.05, 0.1) is 5.41 Å². The zero-order valence-corrected chi connectivity index (χ0v) is 24.6. The third kappa shape index (κ3) is 3.82. The van der Waals surface area contributed by atoms with Crippen LogP contribution in [0.4, 0.5) is 17.1 Å². The van der Waals surface area contributed by atoms with E-state index in [-0.39, 0.29) is 0 Å². The van der Waals surface area contributed by atoms with Crippen molar-refractivity contribution in [3.05, 3.63) is 198 Å². The number of hydrogen-bond donors (Lipinski definition) is 0.